The molecule has 0 spiro atoms. The van der Waals surface area contributed by atoms with E-state index in [1.807, 2.05) is 6.92 Å². The van der Waals surface area contributed by atoms with E-state index in [9.17, 15) is 20.1 Å². The molecule has 0 saturated carbocycles. The molecule has 1 heterocycles. The lowest BCUT2D eigenvalue weighted by Crippen LogP contribution is -2.12. The van der Waals surface area contributed by atoms with Gasteiger partial charge in [0.2, 0.25) is 0 Å². The largest absolute Gasteiger partial charge is 0.508 e. The van der Waals surface area contributed by atoms with Gasteiger partial charge in [-0.3, -0.25) is 0 Å². The number of benzene rings is 2. The summed E-state index contributed by atoms with van der Waals surface area (Å²) in [5, 5.41) is 30.6. The maximum Gasteiger partial charge on any atom is 0.344 e. The number of aliphatic hydroxyl groups excluding tert-OH is 1. The number of aliphatic imine (C=N–C) groups is 1. The zero-order valence-corrected chi connectivity index (χ0v) is 17.3. The van der Waals surface area contributed by atoms with Gasteiger partial charge in [0, 0.05) is 5.56 Å². The van der Waals surface area contributed by atoms with Crippen LogP contribution in [0.5, 0.6) is 17.2 Å². The van der Waals surface area contributed by atoms with Gasteiger partial charge in [0.1, 0.15) is 33.6 Å². The van der Waals surface area contributed by atoms with Crippen molar-refractivity contribution in [3.05, 3.63) is 64.3 Å². The van der Waals surface area contributed by atoms with Gasteiger partial charge in [-0.15, -0.1) is 0 Å². The number of hydrogen-bond donors (Lipinski definition) is 3. The molecule has 2 aromatic carbocycles. The molecule has 0 aliphatic carbocycles. The molecule has 8 heteroatoms. The Kier molecular flexibility index (Phi) is 6.68. The number of esters is 1. The Morgan fingerprint density at radius 1 is 1.07 bits per heavy atom. The molecular formula is C22H21NO6S. The predicted molar refractivity (Wildman–Crippen MR) is 116 cm³/mol. The standard InChI is InChI=1S/C22H21NO6S/c1-3-28-16-8-5-14(6-9-16)23-21-19(22(27)29-4-2)20(26)18(30-21)12-13-11-15(24)7-10-17(13)25/h5-12,24-26H,3-4H2,1-2H3. The molecule has 0 unspecified atom stereocenters. The van der Waals surface area contributed by atoms with Crippen molar-refractivity contribution in [3.8, 4) is 17.2 Å². The van der Waals surface area contributed by atoms with Crippen molar-refractivity contribution in [3.63, 3.8) is 0 Å². The quantitative estimate of drug-likeness (QED) is 0.453. The molecule has 0 bridgehead atoms. The highest BCUT2D eigenvalue weighted by Gasteiger charge is 2.33. The van der Waals surface area contributed by atoms with Crippen molar-refractivity contribution in [1.29, 1.82) is 0 Å². The Morgan fingerprint density at radius 2 is 1.80 bits per heavy atom. The summed E-state index contributed by atoms with van der Waals surface area (Å²) in [6, 6.07) is 11.0. The second kappa shape index (κ2) is 9.41. The van der Waals surface area contributed by atoms with Gasteiger partial charge in [0.05, 0.1) is 23.8 Å². The molecule has 1 aliphatic heterocycles. The summed E-state index contributed by atoms with van der Waals surface area (Å²) in [5.41, 5.74) is 0.799. The summed E-state index contributed by atoms with van der Waals surface area (Å²) >= 11 is 1.06. The van der Waals surface area contributed by atoms with E-state index >= 15 is 0 Å². The van der Waals surface area contributed by atoms with Crippen molar-refractivity contribution in [2.75, 3.05) is 13.2 Å². The number of hydrogen-bond acceptors (Lipinski definition) is 8. The van der Waals surface area contributed by atoms with Gasteiger partial charge in [0.25, 0.3) is 0 Å². The Hall–Kier alpha value is -3.39. The van der Waals surface area contributed by atoms with Crippen LogP contribution in [-0.4, -0.2) is 39.5 Å². The van der Waals surface area contributed by atoms with Crippen LogP contribution in [0.2, 0.25) is 0 Å². The maximum absolute atomic E-state index is 12.4. The lowest BCUT2D eigenvalue weighted by atomic mass is 10.1. The van der Waals surface area contributed by atoms with Crippen LogP contribution in [0.3, 0.4) is 0 Å². The van der Waals surface area contributed by atoms with Crippen LogP contribution in [-0.2, 0) is 9.53 Å². The Labute approximate surface area is 178 Å². The van der Waals surface area contributed by atoms with Gasteiger partial charge in [-0.1, -0.05) is 11.8 Å². The summed E-state index contributed by atoms with van der Waals surface area (Å²) in [6.45, 7) is 4.25. The second-order valence-electron chi connectivity index (χ2n) is 6.14. The fourth-order valence-corrected chi connectivity index (χ4v) is 3.72. The molecule has 156 valence electrons. The number of carbonyl (C=O) groups excluding carboxylic acids is 1. The number of nitrogens with zero attached hydrogens (tertiary/aromatic N) is 1. The van der Waals surface area contributed by atoms with Crippen LogP contribution in [0.1, 0.15) is 19.4 Å². The molecule has 0 atom stereocenters. The lowest BCUT2D eigenvalue weighted by molar-refractivity contribution is -0.138. The third-order valence-corrected chi connectivity index (χ3v) is 5.07. The van der Waals surface area contributed by atoms with E-state index in [1.54, 1.807) is 31.2 Å². The van der Waals surface area contributed by atoms with Gasteiger partial charge >= 0.3 is 5.97 Å². The molecule has 0 amide bonds. The molecule has 1 aliphatic rings. The van der Waals surface area contributed by atoms with Crippen molar-refractivity contribution < 1.29 is 29.6 Å². The first-order valence-corrected chi connectivity index (χ1v) is 10.1. The number of aliphatic hydroxyl groups is 1. The molecule has 0 aromatic heterocycles. The number of carbonyl (C=O) groups is 1. The summed E-state index contributed by atoms with van der Waals surface area (Å²) in [6.07, 6.45) is 1.47. The van der Waals surface area contributed by atoms with Crippen LogP contribution in [0.4, 0.5) is 5.69 Å². The fourth-order valence-electron chi connectivity index (χ4n) is 2.69. The molecule has 30 heavy (non-hydrogen) atoms. The number of phenolic OH excluding ortho intramolecular Hbond substituents is 2. The number of rotatable bonds is 6. The van der Waals surface area contributed by atoms with Crippen LogP contribution < -0.4 is 4.74 Å². The fraction of sp³-hybridized carbons (Fsp3) is 0.182. The predicted octanol–water partition coefficient (Wildman–Crippen LogP) is 4.69. The number of aromatic hydroxyl groups is 2. The van der Waals surface area contributed by atoms with Gasteiger partial charge in [-0.05, 0) is 62.4 Å². The average molecular weight is 427 g/mol. The Balaban J connectivity index is 2.01. The van der Waals surface area contributed by atoms with Crippen molar-refractivity contribution in [2.24, 2.45) is 4.99 Å². The number of ether oxygens (including phenoxy) is 2. The SMILES string of the molecule is CCOC(=O)C1=C(O)C(=Cc2cc(O)ccc2O)SC1=Nc1ccc(OCC)cc1. The normalized spacial score (nSPS) is 16.3. The maximum atomic E-state index is 12.4. The lowest BCUT2D eigenvalue weighted by Gasteiger charge is -2.05. The van der Waals surface area contributed by atoms with Crippen molar-refractivity contribution in [2.45, 2.75) is 13.8 Å². The summed E-state index contributed by atoms with van der Waals surface area (Å²) in [4.78, 5) is 17.2. The van der Waals surface area contributed by atoms with Crippen molar-refractivity contribution >= 4 is 34.5 Å². The highest BCUT2D eigenvalue weighted by molar-refractivity contribution is 8.18. The van der Waals surface area contributed by atoms with E-state index in [-0.39, 0.29) is 40.0 Å². The summed E-state index contributed by atoms with van der Waals surface area (Å²) < 4.78 is 10.5. The minimum Gasteiger partial charge on any atom is -0.508 e. The van der Waals surface area contributed by atoms with Crippen molar-refractivity contribution in [1.82, 2.24) is 0 Å². The first-order valence-electron chi connectivity index (χ1n) is 9.27. The first-order chi connectivity index (χ1) is 14.4. The van der Waals surface area contributed by atoms with Crippen LogP contribution in [0, 0.1) is 0 Å². The molecule has 0 saturated heterocycles. The monoisotopic (exact) mass is 427 g/mol. The highest BCUT2D eigenvalue weighted by atomic mass is 32.2. The highest BCUT2D eigenvalue weighted by Crippen LogP contribution is 2.41. The van der Waals surface area contributed by atoms with Crippen LogP contribution in [0.15, 0.2) is 63.7 Å². The molecule has 3 rings (SSSR count). The zero-order chi connectivity index (χ0) is 21.7. The van der Waals surface area contributed by atoms with E-state index in [4.69, 9.17) is 9.47 Å². The summed E-state index contributed by atoms with van der Waals surface area (Å²) in [7, 11) is 0. The smallest absolute Gasteiger partial charge is 0.344 e. The van der Waals surface area contributed by atoms with Crippen LogP contribution in [0.25, 0.3) is 6.08 Å². The molecule has 3 N–H and O–H groups in total. The number of phenols is 2. The molecule has 2 aromatic rings. The van der Waals surface area contributed by atoms with Gasteiger partial charge in [-0.2, -0.15) is 0 Å². The molecule has 0 fully saturated rings. The van der Waals surface area contributed by atoms with Gasteiger partial charge < -0.3 is 24.8 Å². The van der Waals surface area contributed by atoms with E-state index in [0.29, 0.717) is 22.9 Å². The third-order valence-electron chi connectivity index (χ3n) is 4.05. The first kappa shape index (κ1) is 21.3. The minimum atomic E-state index is -0.698. The van der Waals surface area contributed by atoms with Gasteiger partial charge in [0.15, 0.2) is 0 Å². The number of thioether (sulfide) groups is 1. The molecular weight excluding hydrogens is 406 g/mol. The Morgan fingerprint density at radius 3 is 2.47 bits per heavy atom. The van der Waals surface area contributed by atoms with E-state index in [0.717, 1.165) is 11.8 Å². The summed E-state index contributed by atoms with van der Waals surface area (Å²) in [5.74, 6) is -0.422. The molecule has 0 radical (unpaired) electrons. The van der Waals surface area contributed by atoms with E-state index < -0.39 is 5.97 Å². The zero-order valence-electron chi connectivity index (χ0n) is 16.5. The Bertz CT molecular complexity index is 1040. The minimum absolute atomic E-state index is 0.0417. The topological polar surface area (TPSA) is 109 Å². The third kappa shape index (κ3) is 4.77. The van der Waals surface area contributed by atoms with E-state index in [1.165, 1.54) is 24.3 Å². The van der Waals surface area contributed by atoms with Gasteiger partial charge in [-0.25, -0.2) is 9.79 Å². The molecule has 7 nitrogen and oxygen atoms in total. The van der Waals surface area contributed by atoms with Crippen LogP contribution >= 0.6 is 11.8 Å². The average Bonchev–Trinajstić information content (AvgIpc) is 3.01. The second-order valence-corrected chi connectivity index (χ2v) is 7.17. The van der Waals surface area contributed by atoms with E-state index in [2.05, 4.69) is 4.99 Å².